The molecule has 1 aliphatic carbocycles. The first-order valence-corrected chi connectivity index (χ1v) is 6.75. The van der Waals surface area contributed by atoms with Gasteiger partial charge in [0.1, 0.15) is 10.9 Å². The Morgan fingerprint density at radius 1 is 1.22 bits per heavy atom. The summed E-state index contributed by atoms with van der Waals surface area (Å²) >= 11 is 6.80. The van der Waals surface area contributed by atoms with Gasteiger partial charge in [0.15, 0.2) is 5.78 Å². The second-order valence-electron chi connectivity index (χ2n) is 3.91. The van der Waals surface area contributed by atoms with Crippen LogP contribution in [0.25, 0.3) is 11.1 Å². The lowest BCUT2D eigenvalue weighted by Crippen LogP contribution is -2.13. The molecule has 0 unspecified atom stereocenters. The van der Waals surface area contributed by atoms with Gasteiger partial charge in [-0.05, 0) is 5.56 Å². The summed E-state index contributed by atoms with van der Waals surface area (Å²) in [5.41, 5.74) is 3.10. The van der Waals surface area contributed by atoms with E-state index in [1.165, 1.54) is 11.3 Å². The number of amides is 1. The van der Waals surface area contributed by atoms with Gasteiger partial charge < -0.3 is 5.32 Å². The summed E-state index contributed by atoms with van der Waals surface area (Å²) in [7, 11) is 0. The van der Waals surface area contributed by atoms with Crippen molar-refractivity contribution in [3.63, 3.8) is 0 Å². The van der Waals surface area contributed by atoms with Gasteiger partial charge in [0.2, 0.25) is 5.91 Å². The van der Waals surface area contributed by atoms with Crippen LogP contribution in [0.1, 0.15) is 15.9 Å². The van der Waals surface area contributed by atoms with Crippen molar-refractivity contribution in [3.8, 4) is 11.1 Å². The van der Waals surface area contributed by atoms with Gasteiger partial charge in [-0.15, -0.1) is 22.9 Å². The minimum atomic E-state index is -0.301. The third kappa shape index (κ3) is 1.57. The second kappa shape index (κ2) is 4.23. The van der Waals surface area contributed by atoms with Crippen LogP contribution in [0.5, 0.6) is 0 Å². The summed E-state index contributed by atoms with van der Waals surface area (Å²) < 4.78 is 0. The third-order valence-electron chi connectivity index (χ3n) is 2.85. The molecule has 0 atom stereocenters. The van der Waals surface area contributed by atoms with E-state index in [-0.39, 0.29) is 17.6 Å². The Hall–Kier alpha value is -1.65. The molecule has 18 heavy (non-hydrogen) atoms. The number of hydrogen-bond donors (Lipinski definition) is 1. The zero-order valence-corrected chi connectivity index (χ0v) is 10.8. The van der Waals surface area contributed by atoms with Crippen LogP contribution in [-0.4, -0.2) is 17.6 Å². The summed E-state index contributed by atoms with van der Waals surface area (Å²) in [6.07, 6.45) is 0. The zero-order valence-electron chi connectivity index (χ0n) is 9.20. The van der Waals surface area contributed by atoms with Gasteiger partial charge in [-0.25, -0.2) is 0 Å². The molecule has 0 saturated heterocycles. The highest BCUT2D eigenvalue weighted by molar-refractivity contribution is 7.15. The molecule has 1 aromatic carbocycles. The van der Waals surface area contributed by atoms with Crippen molar-refractivity contribution in [1.82, 2.24) is 0 Å². The first kappa shape index (κ1) is 11.4. The van der Waals surface area contributed by atoms with E-state index in [2.05, 4.69) is 5.32 Å². The minimum absolute atomic E-state index is 0.0354. The number of carbonyl (C=O) groups excluding carboxylic acids is 2. The Kier molecular flexibility index (Phi) is 2.69. The van der Waals surface area contributed by atoms with E-state index in [0.29, 0.717) is 16.1 Å². The van der Waals surface area contributed by atoms with Gasteiger partial charge >= 0.3 is 0 Å². The summed E-state index contributed by atoms with van der Waals surface area (Å²) in [5.74, 6) is -0.454. The van der Waals surface area contributed by atoms with Crippen molar-refractivity contribution in [1.29, 1.82) is 0 Å². The topological polar surface area (TPSA) is 46.2 Å². The number of benzene rings is 1. The monoisotopic (exact) mass is 277 g/mol. The van der Waals surface area contributed by atoms with Crippen LogP contribution in [0.3, 0.4) is 0 Å². The lowest BCUT2D eigenvalue weighted by Gasteiger charge is -2.01. The summed E-state index contributed by atoms with van der Waals surface area (Å²) in [6, 6.07) is 7.45. The maximum atomic E-state index is 12.3. The molecular weight excluding hydrogens is 270 g/mol. The second-order valence-corrected chi connectivity index (χ2v) is 5.06. The molecule has 90 valence electrons. The van der Waals surface area contributed by atoms with Crippen molar-refractivity contribution in [3.05, 3.63) is 40.8 Å². The number of anilines is 1. The maximum absolute atomic E-state index is 12.3. The Labute approximate surface area is 112 Å². The van der Waals surface area contributed by atoms with Crippen molar-refractivity contribution in [2.24, 2.45) is 0 Å². The number of hydrogen-bond acceptors (Lipinski definition) is 3. The van der Waals surface area contributed by atoms with Crippen LogP contribution in [-0.2, 0) is 4.79 Å². The van der Waals surface area contributed by atoms with Crippen LogP contribution in [0.4, 0.5) is 5.00 Å². The van der Waals surface area contributed by atoms with E-state index in [1.807, 2.05) is 23.6 Å². The molecule has 0 fully saturated rings. The lowest BCUT2D eigenvalue weighted by atomic mass is 10.1. The number of halogens is 1. The lowest BCUT2D eigenvalue weighted by molar-refractivity contribution is -0.113. The van der Waals surface area contributed by atoms with E-state index >= 15 is 0 Å². The Morgan fingerprint density at radius 3 is 2.67 bits per heavy atom. The van der Waals surface area contributed by atoms with E-state index in [9.17, 15) is 9.59 Å². The van der Waals surface area contributed by atoms with Crippen LogP contribution in [0, 0.1) is 0 Å². The fourth-order valence-corrected chi connectivity index (χ4v) is 3.12. The van der Waals surface area contributed by atoms with Gasteiger partial charge in [0.25, 0.3) is 0 Å². The fourth-order valence-electron chi connectivity index (χ4n) is 2.08. The highest BCUT2D eigenvalue weighted by atomic mass is 35.5. The van der Waals surface area contributed by atoms with Crippen molar-refractivity contribution < 1.29 is 9.59 Å². The van der Waals surface area contributed by atoms with Crippen molar-refractivity contribution in [2.45, 2.75) is 0 Å². The quantitative estimate of drug-likeness (QED) is 0.732. The number of carbonyl (C=O) groups is 2. The van der Waals surface area contributed by atoms with Gasteiger partial charge in [-0.2, -0.15) is 0 Å². The standard InChI is InChI=1S/C13H8ClNO2S/c14-5-10(16)15-13-11-9(6-18-13)7-3-1-2-4-8(7)12(11)17/h1-4,6H,5H2,(H,15,16). The smallest absolute Gasteiger partial charge is 0.239 e. The molecule has 1 aliphatic rings. The molecule has 1 aromatic heterocycles. The zero-order chi connectivity index (χ0) is 12.7. The number of fused-ring (bicyclic) bond motifs is 3. The predicted molar refractivity (Wildman–Crippen MR) is 72.5 cm³/mol. The molecule has 0 bridgehead atoms. The average molecular weight is 278 g/mol. The molecule has 0 saturated carbocycles. The van der Waals surface area contributed by atoms with E-state index in [1.54, 1.807) is 6.07 Å². The number of thiophene rings is 1. The summed E-state index contributed by atoms with van der Waals surface area (Å²) in [5, 5.41) is 5.14. The number of nitrogens with one attached hydrogen (secondary N) is 1. The minimum Gasteiger partial charge on any atom is -0.316 e. The van der Waals surface area contributed by atoms with Crippen molar-refractivity contribution >= 4 is 39.6 Å². The number of rotatable bonds is 2. The predicted octanol–water partition coefficient (Wildman–Crippen LogP) is 3.14. The summed E-state index contributed by atoms with van der Waals surface area (Å²) in [4.78, 5) is 23.6. The largest absolute Gasteiger partial charge is 0.316 e. The van der Waals surface area contributed by atoms with Crippen LogP contribution >= 0.6 is 22.9 Å². The molecule has 1 amide bonds. The van der Waals surface area contributed by atoms with Gasteiger partial charge in [-0.3, -0.25) is 9.59 Å². The molecule has 1 heterocycles. The first-order valence-electron chi connectivity index (χ1n) is 5.33. The molecule has 5 heteroatoms. The fraction of sp³-hybridized carbons (Fsp3) is 0.0769. The molecule has 2 aromatic rings. The molecule has 3 rings (SSSR count). The van der Waals surface area contributed by atoms with Gasteiger partial charge in [0.05, 0.1) is 5.56 Å². The van der Waals surface area contributed by atoms with Gasteiger partial charge in [0, 0.05) is 16.5 Å². The Morgan fingerprint density at radius 2 is 1.94 bits per heavy atom. The average Bonchev–Trinajstić information content (AvgIpc) is 2.92. The van der Waals surface area contributed by atoms with Gasteiger partial charge in [-0.1, -0.05) is 24.3 Å². The third-order valence-corrected chi connectivity index (χ3v) is 3.99. The Bertz CT molecular complexity index is 663. The molecule has 0 spiro atoms. The molecular formula is C13H8ClNO2S. The normalized spacial score (nSPS) is 12.2. The van der Waals surface area contributed by atoms with Crippen LogP contribution in [0.15, 0.2) is 29.6 Å². The Balaban J connectivity index is 2.10. The molecule has 1 N–H and O–H groups in total. The highest BCUT2D eigenvalue weighted by Gasteiger charge is 2.30. The van der Waals surface area contributed by atoms with E-state index in [4.69, 9.17) is 11.6 Å². The summed E-state index contributed by atoms with van der Waals surface area (Å²) in [6.45, 7) is 0. The van der Waals surface area contributed by atoms with Crippen LogP contribution in [0.2, 0.25) is 0 Å². The highest BCUT2D eigenvalue weighted by Crippen LogP contribution is 2.44. The number of ketones is 1. The first-order chi connectivity index (χ1) is 8.72. The van der Waals surface area contributed by atoms with Crippen LogP contribution < -0.4 is 5.32 Å². The van der Waals surface area contributed by atoms with Crippen molar-refractivity contribution in [2.75, 3.05) is 11.2 Å². The molecule has 0 aliphatic heterocycles. The van der Waals surface area contributed by atoms with E-state index < -0.39 is 0 Å². The molecule has 0 radical (unpaired) electrons. The molecule has 3 nitrogen and oxygen atoms in total. The van der Waals surface area contributed by atoms with E-state index in [0.717, 1.165) is 11.1 Å². The SMILES string of the molecule is O=C(CCl)Nc1scc2c1C(=O)c1ccccc1-2. The maximum Gasteiger partial charge on any atom is 0.239 e. The number of alkyl halides is 1.